The predicted octanol–water partition coefficient (Wildman–Crippen LogP) is -4.15. The number of nitrogens with two attached hydrogens (primary N) is 4. The molecule has 21 nitrogen and oxygen atoms in total. The quantitative estimate of drug-likeness (QED) is 0.0267. The van der Waals surface area contributed by atoms with Crippen LogP contribution in [0.15, 0.2) is 4.99 Å². The molecule has 1 heterocycles. The number of rotatable bonds is 23. The summed E-state index contributed by atoms with van der Waals surface area (Å²) < 4.78 is 0. The van der Waals surface area contributed by atoms with E-state index in [1.807, 2.05) is 0 Å². The van der Waals surface area contributed by atoms with Crippen LogP contribution in [0.2, 0.25) is 0 Å². The molecule has 21 heteroatoms. The summed E-state index contributed by atoms with van der Waals surface area (Å²) >= 11 is 0. The first-order chi connectivity index (χ1) is 25.1. The molecule has 7 amide bonds. The van der Waals surface area contributed by atoms with Crippen LogP contribution < -0.4 is 49.5 Å². The van der Waals surface area contributed by atoms with E-state index in [0.29, 0.717) is 6.42 Å². The Morgan fingerprint density at radius 2 is 1.43 bits per heavy atom. The van der Waals surface area contributed by atoms with Crippen molar-refractivity contribution in [1.29, 1.82) is 0 Å². The monoisotopic (exact) mass is 769 g/mol. The maximum absolute atomic E-state index is 13.6. The van der Waals surface area contributed by atoms with Gasteiger partial charge in [0.1, 0.15) is 36.3 Å². The third kappa shape index (κ3) is 15.5. The lowest BCUT2D eigenvalue weighted by Gasteiger charge is -2.32. The van der Waals surface area contributed by atoms with Gasteiger partial charge in [-0.25, -0.2) is 0 Å². The summed E-state index contributed by atoms with van der Waals surface area (Å²) in [5, 5.41) is 32.4. The van der Waals surface area contributed by atoms with Gasteiger partial charge in [-0.05, 0) is 57.8 Å². The number of guanidine groups is 1. The molecular weight excluding hydrogens is 710 g/mol. The topological polar surface area (TPSA) is 357 Å². The molecule has 0 aliphatic carbocycles. The van der Waals surface area contributed by atoms with Crippen LogP contribution in [0.4, 0.5) is 0 Å². The fourth-order valence-electron chi connectivity index (χ4n) is 5.59. The first-order valence-electron chi connectivity index (χ1n) is 17.9. The van der Waals surface area contributed by atoms with Crippen molar-refractivity contribution >= 4 is 53.3 Å². The van der Waals surface area contributed by atoms with E-state index in [9.17, 15) is 48.6 Å². The maximum atomic E-state index is 13.6. The highest BCUT2D eigenvalue weighted by Gasteiger charge is 2.43. The zero-order chi connectivity index (χ0) is 41.4. The summed E-state index contributed by atoms with van der Waals surface area (Å²) in [7, 11) is 0. The highest BCUT2D eigenvalue weighted by atomic mass is 16.4. The number of hydrogen-bond acceptors (Lipinski definition) is 11. The smallest absolute Gasteiger partial charge is 0.303 e. The van der Waals surface area contributed by atoms with E-state index < -0.39 is 108 Å². The lowest BCUT2D eigenvalue weighted by Crippen LogP contribution is -2.61. The molecule has 0 aromatic heterocycles. The number of nitrogens with one attached hydrogen (secondary N) is 5. The van der Waals surface area contributed by atoms with Crippen molar-refractivity contribution in [3.05, 3.63) is 0 Å². The molecule has 1 saturated heterocycles. The van der Waals surface area contributed by atoms with Crippen molar-refractivity contribution in [2.24, 2.45) is 39.8 Å². The highest BCUT2D eigenvalue weighted by Crippen LogP contribution is 2.19. The van der Waals surface area contributed by atoms with Gasteiger partial charge in [-0.2, -0.15) is 0 Å². The second-order valence-electron chi connectivity index (χ2n) is 14.2. The normalized spacial score (nSPS) is 18.0. The van der Waals surface area contributed by atoms with Crippen LogP contribution in [0, 0.1) is 11.8 Å². The van der Waals surface area contributed by atoms with E-state index in [2.05, 4.69) is 31.6 Å². The summed E-state index contributed by atoms with van der Waals surface area (Å²) in [6.07, 6.45) is -1.48. The Kier molecular flexibility index (Phi) is 19.3. The Morgan fingerprint density at radius 3 is 1.94 bits per heavy atom. The van der Waals surface area contributed by atoms with Crippen molar-refractivity contribution < 1.29 is 48.6 Å². The molecular formula is C33H59N11O10. The number of hydrogen-bond donors (Lipinski definition) is 11. The summed E-state index contributed by atoms with van der Waals surface area (Å²) in [6.45, 7) is 9.62. The standard InChI is InChI=1S/C33H59N11O10/c1-15(2)14-22(29(51)39-17(5)26(35)48)42-28(50)20(9-10-23(46)47)40-30(52)24(16(3)4)43-31(53)25(18(6)45)44-13-11-21(32(44)54)41-27(49)19(34)8-7-12-38-33(36)37/h15-22,24-25,45H,7-14,34H2,1-6H3,(H2,35,48)(H,39,51)(H,40,52)(H,41,49)(H,42,50)(H,43,53)(H,46,47)(H4,36,37,38). The minimum atomic E-state index is -1.48. The van der Waals surface area contributed by atoms with E-state index in [1.165, 1.54) is 13.8 Å². The van der Waals surface area contributed by atoms with Gasteiger partial charge in [-0.1, -0.05) is 27.7 Å². The fraction of sp³-hybridized carbons (Fsp3) is 0.727. The molecule has 8 atom stereocenters. The summed E-state index contributed by atoms with van der Waals surface area (Å²) in [4.78, 5) is 108. The second-order valence-corrected chi connectivity index (χ2v) is 14.2. The lowest BCUT2D eigenvalue weighted by atomic mass is 10.00. The highest BCUT2D eigenvalue weighted by molar-refractivity contribution is 5.98. The van der Waals surface area contributed by atoms with E-state index in [1.54, 1.807) is 27.7 Å². The first kappa shape index (κ1) is 47.0. The molecule has 54 heavy (non-hydrogen) atoms. The number of carbonyl (C=O) groups is 8. The van der Waals surface area contributed by atoms with Crippen molar-refractivity contribution in [3.8, 4) is 0 Å². The van der Waals surface area contributed by atoms with Crippen LogP contribution in [-0.2, 0) is 38.4 Å². The maximum Gasteiger partial charge on any atom is 0.303 e. The average Bonchev–Trinajstić information content (AvgIpc) is 3.40. The number of carboxylic acid groups (broad SMARTS) is 1. The molecule has 0 aromatic carbocycles. The van der Waals surface area contributed by atoms with Gasteiger partial charge < -0.3 is 64.6 Å². The Morgan fingerprint density at radius 1 is 0.833 bits per heavy atom. The Labute approximate surface area is 314 Å². The largest absolute Gasteiger partial charge is 0.481 e. The average molecular weight is 770 g/mol. The van der Waals surface area contributed by atoms with E-state index in [4.69, 9.17) is 22.9 Å². The minimum absolute atomic E-state index is 0.0220. The Balaban J connectivity index is 3.14. The number of aliphatic carboxylic acids is 1. The molecule has 15 N–H and O–H groups in total. The number of primary amides is 1. The molecule has 1 fully saturated rings. The minimum Gasteiger partial charge on any atom is -0.481 e. The molecule has 0 bridgehead atoms. The first-order valence-corrected chi connectivity index (χ1v) is 17.9. The Bertz CT molecular complexity index is 1390. The number of aliphatic hydroxyl groups is 1. The molecule has 1 aliphatic rings. The number of aliphatic imine (C=N–C) groups is 1. The SMILES string of the molecule is CC(C)CC(NC(=O)C(CCC(=O)O)NC(=O)C(NC(=O)C(C(C)O)N1CCC(NC(=O)C(N)CCCN=C(N)N)C1=O)C(C)C)C(=O)NC(C)C(N)=O. The number of aliphatic hydroxyl groups excluding tert-OH is 1. The molecule has 8 unspecified atom stereocenters. The van der Waals surface area contributed by atoms with Crippen LogP contribution in [-0.4, -0.2) is 130 Å². The number of amides is 7. The van der Waals surface area contributed by atoms with Crippen molar-refractivity contribution in [1.82, 2.24) is 31.5 Å². The van der Waals surface area contributed by atoms with Crippen LogP contribution in [0.3, 0.4) is 0 Å². The molecule has 0 radical (unpaired) electrons. The van der Waals surface area contributed by atoms with Gasteiger partial charge in [0.15, 0.2) is 5.96 Å². The molecule has 0 spiro atoms. The summed E-state index contributed by atoms with van der Waals surface area (Å²) in [5.41, 5.74) is 21.8. The molecule has 1 aliphatic heterocycles. The molecule has 306 valence electrons. The van der Waals surface area contributed by atoms with Gasteiger partial charge in [0.05, 0.1) is 12.1 Å². The zero-order valence-electron chi connectivity index (χ0n) is 31.8. The summed E-state index contributed by atoms with van der Waals surface area (Å²) in [5.74, 6) is -7.56. The number of likely N-dealkylation sites (tertiary alicyclic amines) is 1. The van der Waals surface area contributed by atoms with Crippen LogP contribution in [0.5, 0.6) is 0 Å². The van der Waals surface area contributed by atoms with Crippen molar-refractivity contribution in [2.45, 2.75) is 128 Å². The Hall–Kier alpha value is -5.05. The zero-order valence-corrected chi connectivity index (χ0v) is 31.8. The van der Waals surface area contributed by atoms with Crippen LogP contribution >= 0.6 is 0 Å². The van der Waals surface area contributed by atoms with Crippen molar-refractivity contribution in [3.63, 3.8) is 0 Å². The molecule has 0 aromatic rings. The van der Waals surface area contributed by atoms with Gasteiger partial charge in [0.2, 0.25) is 41.4 Å². The van der Waals surface area contributed by atoms with Crippen LogP contribution in [0.1, 0.15) is 80.1 Å². The van der Waals surface area contributed by atoms with Gasteiger partial charge in [0.25, 0.3) is 0 Å². The van der Waals surface area contributed by atoms with E-state index in [0.717, 1.165) is 4.90 Å². The van der Waals surface area contributed by atoms with Gasteiger partial charge in [0, 0.05) is 19.5 Å². The van der Waals surface area contributed by atoms with E-state index >= 15 is 0 Å². The van der Waals surface area contributed by atoms with Gasteiger partial charge >= 0.3 is 5.97 Å². The number of carbonyl (C=O) groups excluding carboxylic acids is 7. The summed E-state index contributed by atoms with van der Waals surface area (Å²) in [6, 6.07) is -8.51. The second kappa shape index (κ2) is 22.2. The third-order valence-corrected chi connectivity index (χ3v) is 8.57. The fourth-order valence-corrected chi connectivity index (χ4v) is 5.59. The van der Waals surface area contributed by atoms with Gasteiger partial charge in [-0.3, -0.25) is 43.3 Å². The van der Waals surface area contributed by atoms with E-state index in [-0.39, 0.29) is 50.7 Å². The van der Waals surface area contributed by atoms with Gasteiger partial charge in [-0.15, -0.1) is 0 Å². The van der Waals surface area contributed by atoms with Crippen molar-refractivity contribution in [2.75, 3.05) is 13.1 Å². The predicted molar refractivity (Wildman–Crippen MR) is 195 cm³/mol. The molecule has 1 rings (SSSR count). The van der Waals surface area contributed by atoms with Crippen LogP contribution in [0.25, 0.3) is 0 Å². The number of nitrogens with zero attached hydrogens (tertiary/aromatic N) is 2. The third-order valence-electron chi connectivity index (χ3n) is 8.57. The number of carboxylic acids is 1. The molecule has 0 saturated carbocycles. The lowest BCUT2D eigenvalue weighted by molar-refractivity contribution is -0.144.